The van der Waals surface area contributed by atoms with Gasteiger partial charge in [0, 0.05) is 5.92 Å². The summed E-state index contributed by atoms with van der Waals surface area (Å²) in [5.41, 5.74) is 0.495. The third-order valence-corrected chi connectivity index (χ3v) is 5.98. The van der Waals surface area contributed by atoms with Gasteiger partial charge in [0.05, 0.1) is 21.3 Å². The van der Waals surface area contributed by atoms with E-state index < -0.39 is 5.91 Å². The second-order valence-corrected chi connectivity index (χ2v) is 7.87. The van der Waals surface area contributed by atoms with Gasteiger partial charge in [-0.3, -0.25) is 10.1 Å². The Balaban J connectivity index is 1.79. The van der Waals surface area contributed by atoms with E-state index in [-0.39, 0.29) is 5.57 Å². The number of rotatable bonds is 7. The summed E-state index contributed by atoms with van der Waals surface area (Å²) >= 11 is 1.37. The fraction of sp³-hybridized carbons (Fsp3) is 0.429. The van der Waals surface area contributed by atoms with E-state index in [0.717, 1.165) is 17.8 Å². The first kappa shape index (κ1) is 21.6. The molecule has 0 radical (unpaired) electrons. The SMILES string of the molecule is COc1cc(/C=C(/C#N)C(=O)Nc2nnc(C3CCCCC3)s2)cc(OC)c1OC. The van der Waals surface area contributed by atoms with Gasteiger partial charge in [-0.25, -0.2) is 0 Å². The summed E-state index contributed by atoms with van der Waals surface area (Å²) in [5, 5.41) is 21.8. The van der Waals surface area contributed by atoms with Gasteiger partial charge < -0.3 is 14.2 Å². The molecule has 8 nitrogen and oxygen atoms in total. The highest BCUT2D eigenvalue weighted by Gasteiger charge is 2.21. The Kier molecular flexibility index (Phi) is 7.25. The Bertz CT molecular complexity index is 949. The molecule has 1 aromatic carbocycles. The first-order valence-corrected chi connectivity index (χ1v) is 10.5. The van der Waals surface area contributed by atoms with Crippen LogP contribution in [-0.2, 0) is 4.79 Å². The summed E-state index contributed by atoms with van der Waals surface area (Å²) in [6.07, 6.45) is 7.32. The molecule has 0 spiro atoms. The molecular weight excluding hydrogens is 404 g/mol. The van der Waals surface area contributed by atoms with Crippen molar-refractivity contribution in [3.63, 3.8) is 0 Å². The van der Waals surface area contributed by atoms with E-state index >= 15 is 0 Å². The number of ether oxygens (including phenoxy) is 3. The van der Waals surface area contributed by atoms with Gasteiger partial charge in [0.15, 0.2) is 11.5 Å². The zero-order chi connectivity index (χ0) is 21.5. The number of aromatic nitrogens is 2. The summed E-state index contributed by atoms with van der Waals surface area (Å²) in [7, 11) is 4.51. The molecule has 158 valence electrons. The second-order valence-electron chi connectivity index (χ2n) is 6.86. The van der Waals surface area contributed by atoms with Crippen molar-refractivity contribution in [2.75, 3.05) is 26.6 Å². The molecule has 0 atom stereocenters. The lowest BCUT2D eigenvalue weighted by atomic mass is 9.90. The minimum absolute atomic E-state index is 0.0707. The summed E-state index contributed by atoms with van der Waals surface area (Å²) in [4.78, 5) is 12.6. The van der Waals surface area contributed by atoms with Crippen molar-refractivity contribution >= 4 is 28.5 Å². The van der Waals surface area contributed by atoms with Crippen LogP contribution in [0, 0.1) is 11.3 Å². The molecule has 0 aliphatic heterocycles. The van der Waals surface area contributed by atoms with Gasteiger partial charge in [-0.1, -0.05) is 30.6 Å². The van der Waals surface area contributed by atoms with Gasteiger partial charge in [-0.2, -0.15) is 5.26 Å². The van der Waals surface area contributed by atoms with E-state index in [0.29, 0.717) is 33.9 Å². The van der Waals surface area contributed by atoms with Crippen molar-refractivity contribution in [3.05, 3.63) is 28.3 Å². The number of nitriles is 1. The average molecular weight is 429 g/mol. The van der Waals surface area contributed by atoms with Gasteiger partial charge >= 0.3 is 0 Å². The minimum Gasteiger partial charge on any atom is -0.493 e. The normalized spacial score (nSPS) is 14.7. The third-order valence-electron chi connectivity index (χ3n) is 4.98. The predicted molar refractivity (Wildman–Crippen MR) is 114 cm³/mol. The number of methoxy groups -OCH3 is 3. The first-order chi connectivity index (χ1) is 14.6. The van der Waals surface area contributed by atoms with Crippen molar-refractivity contribution < 1.29 is 19.0 Å². The smallest absolute Gasteiger partial charge is 0.268 e. The third kappa shape index (κ3) is 4.89. The summed E-state index contributed by atoms with van der Waals surface area (Å²) in [6.45, 7) is 0. The Morgan fingerprint density at radius 1 is 1.13 bits per heavy atom. The monoisotopic (exact) mass is 428 g/mol. The Morgan fingerprint density at radius 2 is 1.80 bits per heavy atom. The molecular formula is C21H24N4O4S. The number of hydrogen-bond donors (Lipinski definition) is 1. The molecule has 1 aromatic heterocycles. The summed E-state index contributed by atoms with van der Waals surface area (Å²) in [5.74, 6) is 1.16. The molecule has 30 heavy (non-hydrogen) atoms. The largest absolute Gasteiger partial charge is 0.493 e. The maximum Gasteiger partial charge on any atom is 0.268 e. The Hall–Kier alpha value is -3.12. The fourth-order valence-electron chi connectivity index (χ4n) is 3.46. The molecule has 1 amide bonds. The van der Waals surface area contributed by atoms with Crippen LogP contribution in [0.5, 0.6) is 17.2 Å². The van der Waals surface area contributed by atoms with Crippen LogP contribution in [-0.4, -0.2) is 37.4 Å². The fourth-order valence-corrected chi connectivity index (χ4v) is 4.37. The van der Waals surface area contributed by atoms with Gasteiger partial charge in [0.2, 0.25) is 10.9 Å². The van der Waals surface area contributed by atoms with Crippen LogP contribution in [0.15, 0.2) is 17.7 Å². The average Bonchev–Trinajstić information content (AvgIpc) is 3.25. The maximum absolute atomic E-state index is 12.6. The van der Waals surface area contributed by atoms with Crippen LogP contribution >= 0.6 is 11.3 Å². The number of benzene rings is 1. The molecule has 1 fully saturated rings. The number of amides is 1. The zero-order valence-corrected chi connectivity index (χ0v) is 18.0. The summed E-state index contributed by atoms with van der Waals surface area (Å²) < 4.78 is 15.9. The van der Waals surface area contributed by atoms with Crippen LogP contribution in [0.2, 0.25) is 0 Å². The molecule has 1 aliphatic rings. The Morgan fingerprint density at radius 3 is 2.37 bits per heavy atom. The molecule has 1 saturated carbocycles. The molecule has 2 aromatic rings. The standard InChI is InChI=1S/C21H24N4O4S/c1-27-16-10-13(11-17(28-2)18(16)29-3)9-15(12-22)19(26)23-21-25-24-20(30-21)14-7-5-4-6-8-14/h9-11,14H,4-8H2,1-3H3,(H,23,25,26)/b15-9-. The van der Waals surface area contributed by atoms with Crippen molar-refractivity contribution in [1.82, 2.24) is 10.2 Å². The number of carbonyl (C=O) groups excluding carboxylic acids is 1. The van der Waals surface area contributed by atoms with Gasteiger partial charge in [-0.05, 0) is 36.6 Å². The number of hydrogen-bond acceptors (Lipinski definition) is 8. The highest BCUT2D eigenvalue weighted by Crippen LogP contribution is 2.39. The number of anilines is 1. The lowest BCUT2D eigenvalue weighted by molar-refractivity contribution is -0.112. The van der Waals surface area contributed by atoms with Crippen molar-refractivity contribution in [3.8, 4) is 23.3 Å². The second kappa shape index (κ2) is 10.1. The topological polar surface area (TPSA) is 106 Å². The van der Waals surface area contributed by atoms with E-state index in [9.17, 15) is 10.1 Å². The molecule has 1 N–H and O–H groups in total. The number of nitrogens with one attached hydrogen (secondary N) is 1. The number of carbonyl (C=O) groups is 1. The van der Waals surface area contributed by atoms with Gasteiger partial charge in [0.25, 0.3) is 5.91 Å². The van der Waals surface area contributed by atoms with E-state index in [1.54, 1.807) is 12.1 Å². The van der Waals surface area contributed by atoms with E-state index in [4.69, 9.17) is 14.2 Å². The van der Waals surface area contributed by atoms with Crippen molar-refractivity contribution in [1.29, 1.82) is 5.26 Å². The van der Waals surface area contributed by atoms with E-state index in [2.05, 4.69) is 15.5 Å². The predicted octanol–water partition coefficient (Wildman–Crippen LogP) is 4.16. The zero-order valence-electron chi connectivity index (χ0n) is 17.2. The Labute approximate surface area is 179 Å². The molecule has 1 heterocycles. The lowest BCUT2D eigenvalue weighted by Gasteiger charge is -2.18. The maximum atomic E-state index is 12.6. The summed E-state index contributed by atoms with van der Waals surface area (Å²) in [6, 6.07) is 5.27. The minimum atomic E-state index is -0.544. The molecule has 0 saturated heterocycles. The van der Waals surface area contributed by atoms with Gasteiger partial charge in [-0.15, -0.1) is 10.2 Å². The van der Waals surface area contributed by atoms with E-state index in [1.807, 2.05) is 6.07 Å². The molecule has 0 unspecified atom stereocenters. The highest BCUT2D eigenvalue weighted by atomic mass is 32.1. The molecule has 1 aliphatic carbocycles. The molecule has 9 heteroatoms. The molecule has 0 bridgehead atoms. The van der Waals surface area contributed by atoms with Crippen LogP contribution in [0.25, 0.3) is 6.08 Å². The quantitative estimate of drug-likeness (QED) is 0.521. The first-order valence-electron chi connectivity index (χ1n) is 9.66. The van der Waals surface area contributed by atoms with Crippen molar-refractivity contribution in [2.24, 2.45) is 0 Å². The van der Waals surface area contributed by atoms with Gasteiger partial charge in [0.1, 0.15) is 16.6 Å². The number of nitrogens with zero attached hydrogens (tertiary/aromatic N) is 3. The van der Waals surface area contributed by atoms with Crippen LogP contribution in [0.4, 0.5) is 5.13 Å². The van der Waals surface area contributed by atoms with Crippen LogP contribution < -0.4 is 19.5 Å². The van der Waals surface area contributed by atoms with Crippen LogP contribution in [0.3, 0.4) is 0 Å². The molecule has 3 rings (SSSR count). The van der Waals surface area contributed by atoms with E-state index in [1.165, 1.54) is 58.0 Å². The lowest BCUT2D eigenvalue weighted by Crippen LogP contribution is -2.13. The highest BCUT2D eigenvalue weighted by molar-refractivity contribution is 7.15. The van der Waals surface area contributed by atoms with Crippen molar-refractivity contribution in [2.45, 2.75) is 38.0 Å². The van der Waals surface area contributed by atoms with Crippen LogP contribution in [0.1, 0.15) is 48.6 Å².